The predicted octanol–water partition coefficient (Wildman–Crippen LogP) is -0.653. The first kappa shape index (κ1) is 26.6. The number of likely N-dealkylation sites (tertiary alicyclic amines) is 1. The maximum atomic E-state index is 13.4. The summed E-state index contributed by atoms with van der Waals surface area (Å²) in [5, 5.41) is 23.3. The predicted molar refractivity (Wildman–Crippen MR) is 124 cm³/mol. The number of benzene rings is 1. The molecule has 182 valence electrons. The Balaban J connectivity index is 2.18. The van der Waals surface area contributed by atoms with Crippen LogP contribution < -0.4 is 16.4 Å². The number of nitrogens with one attached hydrogen (secondary N) is 2. The van der Waals surface area contributed by atoms with Crippen molar-refractivity contribution in [3.05, 3.63) is 35.9 Å². The monoisotopic (exact) mass is 480 g/mol. The zero-order valence-corrected chi connectivity index (χ0v) is 19.4. The van der Waals surface area contributed by atoms with E-state index in [4.69, 9.17) is 10.8 Å². The highest BCUT2D eigenvalue weighted by atomic mass is 32.2. The van der Waals surface area contributed by atoms with Crippen LogP contribution in [-0.4, -0.2) is 88.1 Å². The Bertz CT molecular complexity index is 824. The molecule has 2 rings (SSSR count). The van der Waals surface area contributed by atoms with Crippen LogP contribution >= 0.6 is 11.8 Å². The lowest BCUT2D eigenvalue weighted by atomic mass is 10.0. The van der Waals surface area contributed by atoms with Crippen LogP contribution in [0.15, 0.2) is 30.3 Å². The Kier molecular flexibility index (Phi) is 10.6. The summed E-state index contributed by atoms with van der Waals surface area (Å²) in [5.74, 6) is -2.18. The number of hydrogen-bond acceptors (Lipinski definition) is 7. The van der Waals surface area contributed by atoms with Crippen molar-refractivity contribution in [2.24, 2.45) is 5.73 Å². The number of carbonyl (C=O) groups is 4. The summed E-state index contributed by atoms with van der Waals surface area (Å²) in [7, 11) is 0. The number of aliphatic hydroxyl groups excluding tert-OH is 1. The van der Waals surface area contributed by atoms with E-state index in [9.17, 15) is 24.3 Å². The molecule has 10 nitrogen and oxygen atoms in total. The molecule has 1 aliphatic rings. The van der Waals surface area contributed by atoms with Gasteiger partial charge in [0.25, 0.3) is 0 Å². The zero-order valence-electron chi connectivity index (χ0n) is 18.6. The van der Waals surface area contributed by atoms with Gasteiger partial charge in [-0.15, -0.1) is 0 Å². The maximum Gasteiger partial charge on any atom is 0.328 e. The van der Waals surface area contributed by atoms with Gasteiger partial charge in [-0.05, 0) is 36.8 Å². The first-order valence-electron chi connectivity index (χ1n) is 10.8. The standard InChI is InChI=1S/C22H32N4O6S/c1-33-11-9-15(23)19(28)24-16(12-14-6-3-2-4-7-14)21(30)26-10-5-8-18(26)20(29)25-17(13-27)22(31)32/h2-4,6-7,15-18,27H,5,8-13,23H2,1H3,(H,24,28)(H,25,29)(H,31,32). The number of amides is 3. The van der Waals surface area contributed by atoms with Crippen LogP contribution in [0.5, 0.6) is 0 Å². The molecule has 0 bridgehead atoms. The molecule has 1 heterocycles. The van der Waals surface area contributed by atoms with E-state index in [1.807, 2.05) is 36.6 Å². The first-order valence-corrected chi connectivity index (χ1v) is 12.2. The third kappa shape index (κ3) is 7.72. The van der Waals surface area contributed by atoms with Gasteiger partial charge in [-0.3, -0.25) is 14.4 Å². The summed E-state index contributed by atoms with van der Waals surface area (Å²) in [4.78, 5) is 51.3. The largest absolute Gasteiger partial charge is 0.480 e. The molecular weight excluding hydrogens is 448 g/mol. The third-order valence-corrected chi connectivity index (χ3v) is 6.15. The van der Waals surface area contributed by atoms with Crippen LogP contribution in [-0.2, 0) is 25.6 Å². The quantitative estimate of drug-likeness (QED) is 0.263. The molecule has 6 N–H and O–H groups in total. The smallest absolute Gasteiger partial charge is 0.328 e. The van der Waals surface area contributed by atoms with Crippen molar-refractivity contribution < 1.29 is 29.4 Å². The van der Waals surface area contributed by atoms with E-state index in [-0.39, 0.29) is 6.42 Å². The van der Waals surface area contributed by atoms with Crippen molar-refractivity contribution in [2.75, 3.05) is 25.2 Å². The molecule has 1 saturated heterocycles. The minimum absolute atomic E-state index is 0.222. The highest BCUT2D eigenvalue weighted by Gasteiger charge is 2.39. The highest BCUT2D eigenvalue weighted by molar-refractivity contribution is 7.98. The highest BCUT2D eigenvalue weighted by Crippen LogP contribution is 2.20. The fraction of sp³-hybridized carbons (Fsp3) is 0.545. The van der Waals surface area contributed by atoms with E-state index >= 15 is 0 Å². The van der Waals surface area contributed by atoms with Gasteiger partial charge in [0.2, 0.25) is 17.7 Å². The summed E-state index contributed by atoms with van der Waals surface area (Å²) >= 11 is 1.57. The molecule has 0 radical (unpaired) electrons. The van der Waals surface area contributed by atoms with E-state index < -0.39 is 54.5 Å². The first-order chi connectivity index (χ1) is 15.8. The second kappa shape index (κ2) is 13.2. The van der Waals surface area contributed by atoms with Crippen LogP contribution in [0.4, 0.5) is 0 Å². The molecular formula is C22H32N4O6S. The van der Waals surface area contributed by atoms with Crippen LogP contribution in [0.1, 0.15) is 24.8 Å². The molecule has 0 aliphatic carbocycles. The molecule has 0 spiro atoms. The Morgan fingerprint density at radius 3 is 2.48 bits per heavy atom. The molecule has 1 aliphatic heterocycles. The number of carboxylic acids is 1. The number of aliphatic hydroxyl groups is 1. The molecule has 11 heteroatoms. The third-order valence-electron chi connectivity index (χ3n) is 5.50. The lowest BCUT2D eigenvalue weighted by molar-refractivity contribution is -0.145. The molecule has 0 aromatic heterocycles. The van der Waals surface area contributed by atoms with Crippen LogP contribution in [0, 0.1) is 0 Å². The second-order valence-corrected chi connectivity index (χ2v) is 8.90. The van der Waals surface area contributed by atoms with Crippen molar-refractivity contribution in [1.29, 1.82) is 0 Å². The molecule has 3 amide bonds. The fourth-order valence-electron chi connectivity index (χ4n) is 3.66. The van der Waals surface area contributed by atoms with Gasteiger partial charge in [-0.1, -0.05) is 30.3 Å². The van der Waals surface area contributed by atoms with Crippen molar-refractivity contribution in [3.8, 4) is 0 Å². The van der Waals surface area contributed by atoms with Gasteiger partial charge in [0.05, 0.1) is 12.6 Å². The SMILES string of the molecule is CSCCC(N)C(=O)NC(Cc1ccccc1)C(=O)N1CCCC1C(=O)NC(CO)C(=O)O. The Labute approximate surface area is 197 Å². The van der Waals surface area contributed by atoms with Crippen molar-refractivity contribution in [3.63, 3.8) is 0 Å². The van der Waals surface area contributed by atoms with Crippen molar-refractivity contribution >= 4 is 35.5 Å². The summed E-state index contributed by atoms with van der Waals surface area (Å²) < 4.78 is 0. The van der Waals surface area contributed by atoms with Gasteiger partial charge in [-0.25, -0.2) is 4.79 Å². The number of aliphatic carboxylic acids is 1. The maximum absolute atomic E-state index is 13.4. The van der Waals surface area contributed by atoms with Gasteiger partial charge in [0, 0.05) is 13.0 Å². The van der Waals surface area contributed by atoms with Crippen molar-refractivity contribution in [2.45, 2.75) is 49.9 Å². The Morgan fingerprint density at radius 1 is 1.18 bits per heavy atom. The minimum atomic E-state index is -1.45. The fourth-order valence-corrected chi connectivity index (χ4v) is 4.15. The summed E-state index contributed by atoms with van der Waals surface area (Å²) in [6.45, 7) is -0.462. The van der Waals surface area contributed by atoms with E-state index in [0.717, 1.165) is 5.56 Å². The lowest BCUT2D eigenvalue weighted by Gasteiger charge is -2.30. The van der Waals surface area contributed by atoms with E-state index in [2.05, 4.69) is 10.6 Å². The van der Waals surface area contributed by atoms with E-state index in [1.54, 1.807) is 11.8 Å². The Hall–Kier alpha value is -2.63. The van der Waals surface area contributed by atoms with E-state index in [0.29, 0.717) is 31.6 Å². The number of thioether (sulfide) groups is 1. The molecule has 33 heavy (non-hydrogen) atoms. The molecule has 1 fully saturated rings. The van der Waals surface area contributed by atoms with Crippen LogP contribution in [0.25, 0.3) is 0 Å². The number of carbonyl (C=O) groups excluding carboxylic acids is 3. The number of nitrogens with two attached hydrogens (primary N) is 1. The zero-order chi connectivity index (χ0) is 24.4. The van der Waals surface area contributed by atoms with E-state index in [1.165, 1.54) is 4.90 Å². The normalized spacial score (nSPS) is 18.3. The summed E-state index contributed by atoms with van der Waals surface area (Å²) in [6, 6.07) is 5.16. The second-order valence-electron chi connectivity index (χ2n) is 7.91. The molecule has 4 unspecified atom stereocenters. The number of nitrogens with zero attached hydrogens (tertiary/aromatic N) is 1. The van der Waals surface area contributed by atoms with Crippen LogP contribution in [0.2, 0.25) is 0 Å². The summed E-state index contributed by atoms with van der Waals surface area (Å²) in [6.07, 6.45) is 3.51. The van der Waals surface area contributed by atoms with Gasteiger partial charge in [-0.2, -0.15) is 11.8 Å². The number of carboxylic acid groups (broad SMARTS) is 1. The van der Waals surface area contributed by atoms with Gasteiger partial charge >= 0.3 is 5.97 Å². The number of hydrogen-bond donors (Lipinski definition) is 5. The minimum Gasteiger partial charge on any atom is -0.480 e. The topological polar surface area (TPSA) is 162 Å². The van der Waals surface area contributed by atoms with Gasteiger partial charge < -0.3 is 31.5 Å². The molecule has 1 aromatic rings. The van der Waals surface area contributed by atoms with Gasteiger partial charge in [0.15, 0.2) is 0 Å². The van der Waals surface area contributed by atoms with Crippen molar-refractivity contribution in [1.82, 2.24) is 15.5 Å². The molecule has 4 atom stereocenters. The van der Waals surface area contributed by atoms with Gasteiger partial charge in [0.1, 0.15) is 18.1 Å². The Morgan fingerprint density at radius 2 is 1.88 bits per heavy atom. The average molecular weight is 481 g/mol. The summed E-state index contributed by atoms with van der Waals surface area (Å²) in [5.41, 5.74) is 6.81. The molecule has 1 aromatic carbocycles. The number of rotatable bonds is 12. The lowest BCUT2D eigenvalue weighted by Crippen LogP contribution is -2.57. The van der Waals surface area contributed by atoms with Crippen LogP contribution in [0.3, 0.4) is 0 Å². The molecule has 0 saturated carbocycles. The average Bonchev–Trinajstić information content (AvgIpc) is 3.30.